The topological polar surface area (TPSA) is 18.5 Å². The van der Waals surface area contributed by atoms with E-state index in [1.165, 1.54) is 13.0 Å². The van der Waals surface area contributed by atoms with Gasteiger partial charge in [0.2, 0.25) is 0 Å². The van der Waals surface area contributed by atoms with Gasteiger partial charge in [0.25, 0.3) is 5.60 Å². The summed E-state index contributed by atoms with van der Waals surface area (Å²) in [5, 5.41) is 0. The van der Waals surface area contributed by atoms with Crippen molar-refractivity contribution in [3.8, 4) is 0 Å². The molecule has 9 heteroatoms. The molecule has 128 valence electrons. The molecule has 0 amide bonds. The average Bonchev–Trinajstić information content (AvgIpc) is 2.91. The number of alkyl halides is 7. The molecule has 0 aromatic heterocycles. The highest BCUT2D eigenvalue weighted by molar-refractivity contribution is 5.26. The van der Waals surface area contributed by atoms with Crippen molar-refractivity contribution in [3.05, 3.63) is 12.2 Å². The third-order valence-corrected chi connectivity index (χ3v) is 4.27. The van der Waals surface area contributed by atoms with Crippen LogP contribution in [0.2, 0.25) is 0 Å². The van der Waals surface area contributed by atoms with Gasteiger partial charge in [0.1, 0.15) is 6.79 Å². The molecule has 0 radical (unpaired) electrons. The van der Waals surface area contributed by atoms with Crippen molar-refractivity contribution in [1.29, 1.82) is 0 Å². The van der Waals surface area contributed by atoms with E-state index in [4.69, 9.17) is 0 Å². The van der Waals surface area contributed by atoms with Crippen LogP contribution in [0.1, 0.15) is 19.8 Å². The van der Waals surface area contributed by atoms with Crippen LogP contribution in [0.3, 0.4) is 0 Å². The summed E-state index contributed by atoms with van der Waals surface area (Å²) < 4.78 is 104. The first-order chi connectivity index (χ1) is 9.99. The Balaban J connectivity index is 2.50. The maximum atomic E-state index is 15.1. The number of hydrogen-bond acceptors (Lipinski definition) is 2. The monoisotopic (exact) mass is 336 g/mol. The average molecular weight is 336 g/mol. The molecule has 1 saturated carbocycles. The van der Waals surface area contributed by atoms with Gasteiger partial charge in [-0.15, -0.1) is 0 Å². The molecular weight excluding hydrogens is 321 g/mol. The van der Waals surface area contributed by atoms with Crippen LogP contribution in [0, 0.1) is 11.8 Å². The van der Waals surface area contributed by atoms with Crippen molar-refractivity contribution in [2.45, 2.75) is 43.4 Å². The molecule has 0 saturated heterocycles. The second-order valence-corrected chi connectivity index (χ2v) is 5.49. The van der Waals surface area contributed by atoms with Gasteiger partial charge in [-0.1, -0.05) is 12.2 Å². The Morgan fingerprint density at radius 1 is 1.09 bits per heavy atom. The van der Waals surface area contributed by atoms with Crippen LogP contribution in [-0.4, -0.2) is 37.0 Å². The molecule has 0 aromatic carbocycles. The lowest BCUT2D eigenvalue weighted by molar-refractivity contribution is -0.428. The number of ether oxygens (including phenoxy) is 2. The summed E-state index contributed by atoms with van der Waals surface area (Å²) in [6.45, 7) is -0.0724. The van der Waals surface area contributed by atoms with Crippen LogP contribution in [0.4, 0.5) is 30.7 Å². The van der Waals surface area contributed by atoms with E-state index in [0.29, 0.717) is 0 Å². The van der Waals surface area contributed by atoms with Crippen molar-refractivity contribution in [2.75, 3.05) is 13.4 Å². The van der Waals surface area contributed by atoms with Crippen molar-refractivity contribution >= 4 is 0 Å². The zero-order valence-corrected chi connectivity index (χ0v) is 11.6. The fraction of sp³-hybridized carbons (Fsp3) is 0.846. The molecule has 0 N–H and O–H groups in total. The summed E-state index contributed by atoms with van der Waals surface area (Å²) in [6, 6.07) is 0. The molecule has 0 aromatic rings. The predicted molar refractivity (Wildman–Crippen MR) is 61.6 cm³/mol. The Kier molecular flexibility index (Phi) is 4.27. The van der Waals surface area contributed by atoms with E-state index in [1.807, 2.05) is 0 Å². The first-order valence-corrected chi connectivity index (χ1v) is 6.72. The first kappa shape index (κ1) is 17.5. The highest BCUT2D eigenvalue weighted by Gasteiger charge is 2.84. The molecule has 22 heavy (non-hydrogen) atoms. The second-order valence-electron chi connectivity index (χ2n) is 5.49. The summed E-state index contributed by atoms with van der Waals surface area (Å²) in [5.41, 5.74) is -8.49. The molecular formula is C13H15F7O2. The highest BCUT2D eigenvalue weighted by atomic mass is 19.4. The minimum absolute atomic E-state index is 0.0809. The number of hydrogen-bond donors (Lipinski definition) is 0. The van der Waals surface area contributed by atoms with Crippen molar-refractivity contribution in [2.24, 2.45) is 11.8 Å². The number of allylic oxidation sites excluding steroid dienone is 2. The minimum Gasteiger partial charge on any atom is -0.356 e. The van der Waals surface area contributed by atoms with E-state index in [9.17, 15) is 26.3 Å². The second kappa shape index (κ2) is 5.36. The molecule has 2 aliphatic carbocycles. The van der Waals surface area contributed by atoms with Crippen molar-refractivity contribution in [3.63, 3.8) is 0 Å². The van der Waals surface area contributed by atoms with Gasteiger partial charge in [-0.05, 0) is 25.7 Å². The van der Waals surface area contributed by atoms with Gasteiger partial charge in [0.05, 0.1) is 0 Å². The Hall–Kier alpha value is -0.830. The third kappa shape index (κ3) is 2.33. The first-order valence-electron chi connectivity index (χ1n) is 6.72. The van der Waals surface area contributed by atoms with Crippen LogP contribution in [0.25, 0.3) is 0 Å². The molecule has 2 bridgehead atoms. The number of rotatable bonds is 5. The molecule has 1 fully saturated rings. The fourth-order valence-corrected chi connectivity index (χ4v) is 3.33. The Bertz CT molecular complexity index is 429. The zero-order valence-electron chi connectivity index (χ0n) is 11.6. The molecule has 2 rings (SSSR count). The van der Waals surface area contributed by atoms with E-state index >= 15 is 4.39 Å². The standard InChI is InChI=1S/C13H15F7O2/c1-2-21-7-22-11(12(15,16)17,13(18,19)20)10(14)6-8-3-4-9(10)5-8/h3-4,8-9H,2,5-7H2,1H3. The molecule has 2 aliphatic rings. The summed E-state index contributed by atoms with van der Waals surface area (Å²) in [7, 11) is 0. The summed E-state index contributed by atoms with van der Waals surface area (Å²) in [4.78, 5) is 0. The largest absolute Gasteiger partial charge is 0.429 e. The Morgan fingerprint density at radius 3 is 2.05 bits per heavy atom. The molecule has 0 spiro atoms. The van der Waals surface area contributed by atoms with Gasteiger partial charge >= 0.3 is 12.4 Å². The van der Waals surface area contributed by atoms with Crippen molar-refractivity contribution in [1.82, 2.24) is 0 Å². The van der Waals surface area contributed by atoms with E-state index in [1.54, 1.807) is 0 Å². The molecule has 0 heterocycles. The van der Waals surface area contributed by atoms with Gasteiger partial charge in [0, 0.05) is 12.5 Å². The molecule has 3 atom stereocenters. The molecule has 2 nitrogen and oxygen atoms in total. The Morgan fingerprint density at radius 2 is 1.68 bits per heavy atom. The van der Waals surface area contributed by atoms with Crippen LogP contribution < -0.4 is 0 Å². The minimum atomic E-state index is -5.96. The Labute approximate surface area is 122 Å². The van der Waals surface area contributed by atoms with Gasteiger partial charge in [-0.3, -0.25) is 0 Å². The normalized spacial score (nSPS) is 32.0. The van der Waals surface area contributed by atoms with Crippen molar-refractivity contribution < 1.29 is 40.2 Å². The SMILES string of the molecule is CCOCOC(C(F)(F)F)(C(F)(F)F)C1(F)CC2C=CC1C2. The summed E-state index contributed by atoms with van der Waals surface area (Å²) in [6.07, 6.45) is -10.4. The van der Waals surface area contributed by atoms with E-state index in [0.717, 1.165) is 6.08 Å². The smallest absolute Gasteiger partial charge is 0.356 e. The van der Waals surface area contributed by atoms with Gasteiger partial charge < -0.3 is 9.47 Å². The van der Waals surface area contributed by atoms with Crippen LogP contribution in [-0.2, 0) is 9.47 Å². The lowest BCUT2D eigenvalue weighted by Crippen LogP contribution is -2.71. The number of fused-ring (bicyclic) bond motifs is 2. The maximum absolute atomic E-state index is 15.1. The van der Waals surface area contributed by atoms with E-state index < -0.39 is 48.7 Å². The van der Waals surface area contributed by atoms with E-state index in [2.05, 4.69) is 9.47 Å². The summed E-state index contributed by atoms with van der Waals surface area (Å²) >= 11 is 0. The quantitative estimate of drug-likeness (QED) is 0.325. The molecule has 3 unspecified atom stereocenters. The van der Waals surface area contributed by atoms with Gasteiger partial charge in [0.15, 0.2) is 5.67 Å². The lowest BCUT2D eigenvalue weighted by Gasteiger charge is -2.47. The van der Waals surface area contributed by atoms with Crippen LogP contribution in [0.5, 0.6) is 0 Å². The van der Waals surface area contributed by atoms with E-state index in [-0.39, 0.29) is 13.0 Å². The van der Waals surface area contributed by atoms with Crippen LogP contribution >= 0.6 is 0 Å². The fourth-order valence-electron chi connectivity index (χ4n) is 3.33. The van der Waals surface area contributed by atoms with Gasteiger partial charge in [-0.2, -0.15) is 26.3 Å². The van der Waals surface area contributed by atoms with Crippen LogP contribution in [0.15, 0.2) is 12.2 Å². The lowest BCUT2D eigenvalue weighted by atomic mass is 9.74. The molecule has 0 aliphatic heterocycles. The predicted octanol–water partition coefficient (Wildman–Crippen LogP) is 4.16. The third-order valence-electron chi connectivity index (χ3n) is 4.27. The summed E-state index contributed by atoms with van der Waals surface area (Å²) in [5.74, 6) is -2.13. The maximum Gasteiger partial charge on any atom is 0.429 e. The van der Waals surface area contributed by atoms with Gasteiger partial charge in [-0.25, -0.2) is 4.39 Å². The zero-order chi connectivity index (χ0) is 16.8. The number of halogens is 7. The highest BCUT2D eigenvalue weighted by Crippen LogP contribution is 2.63.